The monoisotopic (exact) mass is 289 g/mol. The van der Waals surface area contributed by atoms with E-state index < -0.39 is 0 Å². The molecule has 0 radical (unpaired) electrons. The summed E-state index contributed by atoms with van der Waals surface area (Å²) >= 11 is 1.70. The summed E-state index contributed by atoms with van der Waals surface area (Å²) < 4.78 is 0. The second-order valence-electron chi connectivity index (χ2n) is 4.88. The van der Waals surface area contributed by atoms with E-state index in [1.54, 1.807) is 11.3 Å². The van der Waals surface area contributed by atoms with Gasteiger partial charge in [0.1, 0.15) is 0 Å². The highest BCUT2D eigenvalue weighted by molar-refractivity contribution is 7.13. The van der Waals surface area contributed by atoms with Gasteiger partial charge in [0, 0.05) is 24.7 Å². The van der Waals surface area contributed by atoms with Gasteiger partial charge in [0.05, 0.1) is 5.69 Å². The number of nitrogens with one attached hydrogen (secondary N) is 1. The van der Waals surface area contributed by atoms with Crippen LogP contribution >= 0.6 is 11.3 Å². The second kappa shape index (κ2) is 7.41. The first kappa shape index (κ1) is 15.0. The van der Waals surface area contributed by atoms with Crippen molar-refractivity contribution >= 4 is 22.2 Å². The Morgan fingerprint density at radius 2 is 1.95 bits per heavy atom. The second-order valence-corrected chi connectivity index (χ2v) is 5.71. The van der Waals surface area contributed by atoms with Crippen LogP contribution in [0.1, 0.15) is 31.5 Å². The average Bonchev–Trinajstić information content (AvgIpc) is 2.96. The van der Waals surface area contributed by atoms with Gasteiger partial charge in [-0.25, -0.2) is 4.98 Å². The van der Waals surface area contributed by atoms with Gasteiger partial charge in [-0.3, -0.25) is 0 Å². The number of hydrogen-bond acceptors (Lipinski definition) is 4. The van der Waals surface area contributed by atoms with E-state index in [-0.39, 0.29) is 0 Å². The van der Waals surface area contributed by atoms with Gasteiger partial charge in [0.15, 0.2) is 5.13 Å². The van der Waals surface area contributed by atoms with Crippen molar-refractivity contribution in [2.75, 3.05) is 18.5 Å². The summed E-state index contributed by atoms with van der Waals surface area (Å²) in [6, 6.07) is 8.69. The van der Waals surface area contributed by atoms with Crippen LogP contribution in [0.15, 0.2) is 29.6 Å². The van der Waals surface area contributed by atoms with Crippen molar-refractivity contribution in [3.63, 3.8) is 0 Å². The number of thiazole rings is 1. The maximum atomic E-state index is 4.68. The summed E-state index contributed by atoms with van der Waals surface area (Å²) in [7, 11) is 2.07. The van der Waals surface area contributed by atoms with Crippen LogP contribution in [0.5, 0.6) is 0 Å². The molecular formula is C16H23N3S. The third-order valence-electron chi connectivity index (χ3n) is 3.29. The standard InChI is InChI=1S/C16H23N3S/c1-4-10-17-11-14-12-20-16(18-14)19(3)15-8-6-13(5-2)7-9-15/h6-9,12,17H,4-5,10-11H2,1-3H3. The van der Waals surface area contributed by atoms with Crippen LogP contribution in [0.3, 0.4) is 0 Å². The van der Waals surface area contributed by atoms with Crippen LogP contribution in [0.25, 0.3) is 0 Å². The van der Waals surface area contributed by atoms with Gasteiger partial charge in [-0.05, 0) is 37.1 Å². The van der Waals surface area contributed by atoms with Crippen molar-refractivity contribution in [2.45, 2.75) is 33.2 Å². The molecule has 4 heteroatoms. The van der Waals surface area contributed by atoms with Gasteiger partial charge in [-0.2, -0.15) is 0 Å². The molecule has 0 saturated heterocycles. The summed E-state index contributed by atoms with van der Waals surface area (Å²) in [4.78, 5) is 6.83. The molecule has 1 aromatic heterocycles. The Bertz CT molecular complexity index is 519. The molecule has 0 aliphatic carbocycles. The molecule has 1 N–H and O–H groups in total. The molecule has 20 heavy (non-hydrogen) atoms. The molecule has 0 fully saturated rings. The highest BCUT2D eigenvalue weighted by Gasteiger charge is 2.08. The molecule has 3 nitrogen and oxygen atoms in total. The molecule has 0 atom stereocenters. The Balaban J connectivity index is 2.02. The van der Waals surface area contributed by atoms with E-state index in [2.05, 4.69) is 65.7 Å². The van der Waals surface area contributed by atoms with Crippen molar-refractivity contribution in [3.8, 4) is 0 Å². The van der Waals surface area contributed by atoms with E-state index in [1.807, 2.05) is 0 Å². The molecule has 0 spiro atoms. The molecule has 108 valence electrons. The van der Waals surface area contributed by atoms with Crippen LogP contribution in [0, 0.1) is 0 Å². The van der Waals surface area contributed by atoms with Crippen molar-refractivity contribution in [2.24, 2.45) is 0 Å². The van der Waals surface area contributed by atoms with E-state index >= 15 is 0 Å². The highest BCUT2D eigenvalue weighted by Crippen LogP contribution is 2.27. The Labute approximate surface area is 125 Å². The lowest BCUT2D eigenvalue weighted by Crippen LogP contribution is -2.14. The molecular weight excluding hydrogens is 266 g/mol. The number of nitrogens with zero attached hydrogens (tertiary/aromatic N) is 2. The third-order valence-corrected chi connectivity index (χ3v) is 4.26. The fourth-order valence-corrected chi connectivity index (χ4v) is 2.80. The van der Waals surface area contributed by atoms with Crippen molar-refractivity contribution in [3.05, 3.63) is 40.9 Å². The zero-order valence-corrected chi connectivity index (χ0v) is 13.3. The van der Waals surface area contributed by atoms with Gasteiger partial charge in [-0.15, -0.1) is 11.3 Å². The molecule has 0 aliphatic rings. The molecule has 0 saturated carbocycles. The number of rotatable bonds is 7. The quantitative estimate of drug-likeness (QED) is 0.782. The molecule has 0 amide bonds. The fourth-order valence-electron chi connectivity index (χ4n) is 1.99. The van der Waals surface area contributed by atoms with Gasteiger partial charge >= 0.3 is 0 Å². The van der Waals surface area contributed by atoms with Gasteiger partial charge in [0.25, 0.3) is 0 Å². The van der Waals surface area contributed by atoms with E-state index in [0.717, 1.165) is 36.8 Å². The minimum absolute atomic E-state index is 0.854. The summed E-state index contributed by atoms with van der Waals surface area (Å²) in [5.41, 5.74) is 3.67. The lowest BCUT2D eigenvalue weighted by atomic mass is 10.1. The number of aromatic nitrogens is 1. The third kappa shape index (κ3) is 3.81. The molecule has 0 bridgehead atoms. The Morgan fingerprint density at radius 3 is 2.60 bits per heavy atom. The first-order chi connectivity index (χ1) is 9.74. The van der Waals surface area contributed by atoms with Crippen LogP contribution in [0.2, 0.25) is 0 Å². The van der Waals surface area contributed by atoms with E-state index in [9.17, 15) is 0 Å². The lowest BCUT2D eigenvalue weighted by Gasteiger charge is -2.16. The van der Waals surface area contributed by atoms with Gasteiger partial charge in [0.2, 0.25) is 0 Å². The number of aryl methyl sites for hydroxylation is 1. The van der Waals surface area contributed by atoms with Crippen molar-refractivity contribution < 1.29 is 0 Å². The fraction of sp³-hybridized carbons (Fsp3) is 0.438. The number of anilines is 2. The first-order valence-corrected chi connectivity index (χ1v) is 8.10. The normalized spacial score (nSPS) is 10.8. The molecule has 0 aliphatic heterocycles. The highest BCUT2D eigenvalue weighted by atomic mass is 32.1. The Morgan fingerprint density at radius 1 is 1.20 bits per heavy atom. The van der Waals surface area contributed by atoms with Crippen LogP contribution in [-0.2, 0) is 13.0 Å². The molecule has 2 rings (SSSR count). The largest absolute Gasteiger partial charge is 0.321 e. The smallest absolute Gasteiger partial charge is 0.189 e. The van der Waals surface area contributed by atoms with Gasteiger partial charge < -0.3 is 10.2 Å². The predicted molar refractivity (Wildman–Crippen MR) is 88.0 cm³/mol. The zero-order chi connectivity index (χ0) is 14.4. The lowest BCUT2D eigenvalue weighted by molar-refractivity contribution is 0.667. The maximum Gasteiger partial charge on any atom is 0.189 e. The molecule has 1 aromatic carbocycles. The topological polar surface area (TPSA) is 28.2 Å². The van der Waals surface area contributed by atoms with E-state index in [4.69, 9.17) is 0 Å². The number of hydrogen-bond donors (Lipinski definition) is 1. The van der Waals surface area contributed by atoms with Crippen LogP contribution in [0.4, 0.5) is 10.8 Å². The average molecular weight is 289 g/mol. The Kier molecular flexibility index (Phi) is 5.56. The number of benzene rings is 1. The molecule has 0 unspecified atom stereocenters. The molecule has 1 heterocycles. The summed E-state index contributed by atoms with van der Waals surface area (Å²) in [5, 5.41) is 6.56. The summed E-state index contributed by atoms with van der Waals surface area (Å²) in [5.74, 6) is 0. The predicted octanol–water partition coefficient (Wildman–Crippen LogP) is 3.97. The van der Waals surface area contributed by atoms with Crippen LogP contribution in [-0.4, -0.2) is 18.6 Å². The minimum Gasteiger partial charge on any atom is -0.321 e. The van der Waals surface area contributed by atoms with Crippen molar-refractivity contribution in [1.29, 1.82) is 0 Å². The molecule has 2 aromatic rings. The summed E-state index contributed by atoms with van der Waals surface area (Å²) in [6.07, 6.45) is 2.23. The van der Waals surface area contributed by atoms with Crippen LogP contribution < -0.4 is 10.2 Å². The Hall–Kier alpha value is -1.39. The summed E-state index contributed by atoms with van der Waals surface area (Å²) in [6.45, 7) is 6.25. The maximum absolute atomic E-state index is 4.68. The zero-order valence-electron chi connectivity index (χ0n) is 12.5. The SMILES string of the molecule is CCCNCc1csc(N(C)c2ccc(CC)cc2)n1. The minimum atomic E-state index is 0.854. The van der Waals surface area contributed by atoms with E-state index in [0.29, 0.717) is 0 Å². The van der Waals surface area contributed by atoms with E-state index in [1.165, 1.54) is 11.3 Å². The van der Waals surface area contributed by atoms with Crippen molar-refractivity contribution in [1.82, 2.24) is 10.3 Å². The first-order valence-electron chi connectivity index (χ1n) is 7.22. The van der Waals surface area contributed by atoms with Gasteiger partial charge in [-0.1, -0.05) is 26.0 Å².